The molecule has 4 rings (SSSR count). The second-order valence-corrected chi connectivity index (χ2v) is 7.07. The molecule has 0 spiro atoms. The van der Waals surface area contributed by atoms with Crippen LogP contribution >= 0.6 is 0 Å². The largest absolute Gasteiger partial charge is 0.496 e. The Bertz CT molecular complexity index is 1000. The van der Waals surface area contributed by atoms with E-state index in [0.29, 0.717) is 17.0 Å². The second-order valence-electron chi connectivity index (χ2n) is 7.07. The summed E-state index contributed by atoms with van der Waals surface area (Å²) >= 11 is 0. The highest BCUT2D eigenvalue weighted by molar-refractivity contribution is 5.78. The fraction of sp³-hybridized carbons (Fsp3) is 0.400. The Morgan fingerprint density at radius 2 is 1.93 bits per heavy atom. The van der Waals surface area contributed by atoms with Gasteiger partial charge in [-0.2, -0.15) is 0 Å². The lowest BCUT2D eigenvalue weighted by Gasteiger charge is -2.22. The highest BCUT2D eigenvalue weighted by Gasteiger charge is 2.47. The quantitative estimate of drug-likeness (QED) is 0.623. The average Bonchev–Trinajstić information content (AvgIpc) is 3.24. The number of aliphatic hydroxyl groups excluding tert-OH is 3. The molecule has 8 heteroatoms. The number of nitrogens with zero attached hydrogens (tertiary/aromatic N) is 3. The van der Waals surface area contributed by atoms with Gasteiger partial charge in [-0.3, -0.25) is 0 Å². The highest BCUT2D eigenvalue weighted by atomic mass is 16.6. The molecule has 1 fully saturated rings. The van der Waals surface area contributed by atoms with Crippen molar-refractivity contribution in [1.82, 2.24) is 14.5 Å². The van der Waals surface area contributed by atoms with E-state index in [4.69, 9.17) is 9.47 Å². The standard InChI is InChI=1S/C20H23N3O5/c1-10-4-5-12(8-14(10)27-3)15(24)18-16(25)17(26)20(28-18)23-7-6-13-11(2)21-9-22-19(13)23/h4-9,15-18,20,24-26H,1-3H3. The monoisotopic (exact) mass is 385 g/mol. The van der Waals surface area contributed by atoms with Crippen molar-refractivity contribution in [3.05, 3.63) is 53.6 Å². The number of benzene rings is 1. The number of methoxy groups -OCH3 is 1. The maximum atomic E-state index is 10.8. The molecule has 0 radical (unpaired) electrons. The average molecular weight is 385 g/mol. The molecule has 0 bridgehead atoms. The van der Waals surface area contributed by atoms with E-state index in [0.717, 1.165) is 16.6 Å². The minimum Gasteiger partial charge on any atom is -0.496 e. The Hall–Kier alpha value is -2.52. The summed E-state index contributed by atoms with van der Waals surface area (Å²) in [6.45, 7) is 3.77. The van der Waals surface area contributed by atoms with Crippen LogP contribution in [0.2, 0.25) is 0 Å². The molecule has 1 aromatic carbocycles. The van der Waals surface area contributed by atoms with E-state index in [1.807, 2.05) is 26.0 Å². The summed E-state index contributed by atoms with van der Waals surface area (Å²) in [5, 5.41) is 32.8. The zero-order chi connectivity index (χ0) is 20.0. The third kappa shape index (κ3) is 2.94. The number of hydrogen-bond acceptors (Lipinski definition) is 7. The van der Waals surface area contributed by atoms with E-state index in [9.17, 15) is 15.3 Å². The number of fused-ring (bicyclic) bond motifs is 1. The molecule has 28 heavy (non-hydrogen) atoms. The van der Waals surface area contributed by atoms with Crippen LogP contribution in [0.5, 0.6) is 5.75 Å². The van der Waals surface area contributed by atoms with Crippen molar-refractivity contribution in [1.29, 1.82) is 0 Å². The van der Waals surface area contributed by atoms with E-state index < -0.39 is 30.6 Å². The molecule has 0 amide bonds. The molecule has 0 saturated carbocycles. The molecule has 0 aliphatic carbocycles. The number of aliphatic hydroxyl groups is 3. The first kappa shape index (κ1) is 18.8. The smallest absolute Gasteiger partial charge is 0.164 e. The Kier molecular flexibility index (Phi) is 4.80. The Labute approximate surface area is 162 Å². The van der Waals surface area contributed by atoms with Gasteiger partial charge in [0, 0.05) is 11.6 Å². The predicted molar refractivity (Wildman–Crippen MR) is 101 cm³/mol. The molecular weight excluding hydrogens is 362 g/mol. The molecule has 5 unspecified atom stereocenters. The van der Waals surface area contributed by atoms with E-state index in [-0.39, 0.29) is 0 Å². The zero-order valence-corrected chi connectivity index (χ0v) is 15.9. The minimum absolute atomic E-state index is 0.537. The maximum absolute atomic E-state index is 10.8. The van der Waals surface area contributed by atoms with Crippen molar-refractivity contribution in [2.24, 2.45) is 0 Å². The predicted octanol–water partition coefficient (Wildman–Crippen LogP) is 1.41. The van der Waals surface area contributed by atoms with Crippen molar-refractivity contribution in [3.63, 3.8) is 0 Å². The summed E-state index contributed by atoms with van der Waals surface area (Å²) in [5.74, 6) is 0.629. The van der Waals surface area contributed by atoms with Gasteiger partial charge in [-0.25, -0.2) is 9.97 Å². The summed E-state index contributed by atoms with van der Waals surface area (Å²) in [5.41, 5.74) is 2.86. The lowest BCUT2D eigenvalue weighted by atomic mass is 9.98. The van der Waals surface area contributed by atoms with Crippen LogP contribution in [0.25, 0.3) is 11.0 Å². The topological polar surface area (TPSA) is 110 Å². The number of ether oxygens (including phenoxy) is 2. The summed E-state index contributed by atoms with van der Waals surface area (Å²) < 4.78 is 12.9. The third-order valence-corrected chi connectivity index (χ3v) is 5.34. The molecule has 1 aliphatic heterocycles. The fourth-order valence-corrected chi connectivity index (χ4v) is 3.69. The van der Waals surface area contributed by atoms with Crippen LogP contribution in [-0.4, -0.2) is 55.3 Å². The van der Waals surface area contributed by atoms with Crippen LogP contribution in [0, 0.1) is 13.8 Å². The van der Waals surface area contributed by atoms with Gasteiger partial charge < -0.3 is 29.4 Å². The minimum atomic E-state index is -1.27. The van der Waals surface area contributed by atoms with Gasteiger partial charge >= 0.3 is 0 Å². The zero-order valence-electron chi connectivity index (χ0n) is 15.9. The fourth-order valence-electron chi connectivity index (χ4n) is 3.69. The second kappa shape index (κ2) is 7.14. The molecule has 148 valence electrons. The SMILES string of the molecule is COc1cc(C(O)C2OC(n3ccc4c(C)ncnc43)C(O)C2O)ccc1C. The lowest BCUT2D eigenvalue weighted by molar-refractivity contribution is -0.0848. The lowest BCUT2D eigenvalue weighted by Crippen LogP contribution is -2.34. The van der Waals surface area contributed by atoms with Crippen LogP contribution < -0.4 is 4.74 Å². The number of hydrogen-bond donors (Lipinski definition) is 3. The third-order valence-electron chi connectivity index (χ3n) is 5.34. The molecular formula is C20H23N3O5. The van der Waals surface area contributed by atoms with Crippen molar-refractivity contribution >= 4 is 11.0 Å². The van der Waals surface area contributed by atoms with Crippen LogP contribution in [0.4, 0.5) is 0 Å². The summed E-state index contributed by atoms with van der Waals surface area (Å²) in [4.78, 5) is 8.43. The first-order valence-electron chi connectivity index (χ1n) is 9.04. The molecule has 1 saturated heterocycles. The van der Waals surface area contributed by atoms with Gasteiger partial charge in [-0.15, -0.1) is 0 Å². The van der Waals surface area contributed by atoms with Crippen molar-refractivity contribution < 1.29 is 24.8 Å². The summed E-state index contributed by atoms with van der Waals surface area (Å²) in [6, 6.07) is 7.12. The van der Waals surface area contributed by atoms with Crippen LogP contribution in [0.15, 0.2) is 36.8 Å². The van der Waals surface area contributed by atoms with E-state index >= 15 is 0 Å². The van der Waals surface area contributed by atoms with Gasteiger partial charge in [0.05, 0.1) is 12.8 Å². The van der Waals surface area contributed by atoms with Crippen molar-refractivity contribution in [2.75, 3.05) is 7.11 Å². The van der Waals surface area contributed by atoms with E-state index in [2.05, 4.69) is 9.97 Å². The van der Waals surface area contributed by atoms with Crippen LogP contribution in [-0.2, 0) is 4.74 Å². The molecule has 3 N–H and O–H groups in total. The molecule has 3 heterocycles. The normalized spacial score (nSPS) is 25.9. The van der Waals surface area contributed by atoms with Gasteiger partial charge in [0.25, 0.3) is 0 Å². The Morgan fingerprint density at radius 3 is 2.68 bits per heavy atom. The molecule has 5 atom stereocenters. The first-order chi connectivity index (χ1) is 13.4. The van der Waals surface area contributed by atoms with Crippen LogP contribution in [0.3, 0.4) is 0 Å². The molecule has 3 aromatic rings. The first-order valence-corrected chi connectivity index (χ1v) is 9.04. The Balaban J connectivity index is 1.65. The van der Waals surface area contributed by atoms with Gasteiger partial charge in [0.1, 0.15) is 42.1 Å². The van der Waals surface area contributed by atoms with Gasteiger partial charge in [-0.05, 0) is 37.1 Å². The van der Waals surface area contributed by atoms with E-state index in [1.54, 1.807) is 30.0 Å². The van der Waals surface area contributed by atoms with Crippen LogP contribution in [0.1, 0.15) is 29.2 Å². The number of aryl methyl sites for hydroxylation is 2. The summed E-state index contributed by atoms with van der Waals surface area (Å²) in [7, 11) is 1.56. The van der Waals surface area contributed by atoms with E-state index in [1.165, 1.54) is 6.33 Å². The van der Waals surface area contributed by atoms with Gasteiger partial charge in [-0.1, -0.05) is 12.1 Å². The van der Waals surface area contributed by atoms with Gasteiger partial charge in [0.2, 0.25) is 0 Å². The molecule has 8 nitrogen and oxygen atoms in total. The maximum Gasteiger partial charge on any atom is 0.164 e. The highest BCUT2D eigenvalue weighted by Crippen LogP contribution is 2.38. The molecule has 2 aromatic heterocycles. The number of rotatable bonds is 4. The summed E-state index contributed by atoms with van der Waals surface area (Å²) in [6.07, 6.45) is -2.34. The number of aromatic nitrogens is 3. The van der Waals surface area contributed by atoms with Crippen molar-refractivity contribution in [2.45, 2.75) is 44.5 Å². The Morgan fingerprint density at radius 1 is 1.14 bits per heavy atom. The van der Waals surface area contributed by atoms with Crippen molar-refractivity contribution in [3.8, 4) is 5.75 Å². The van der Waals surface area contributed by atoms with Gasteiger partial charge in [0.15, 0.2) is 6.23 Å². The molecule has 1 aliphatic rings.